The molecule has 0 radical (unpaired) electrons. The van der Waals surface area contributed by atoms with Crippen molar-refractivity contribution >= 4 is 33.4 Å². The lowest BCUT2D eigenvalue weighted by Gasteiger charge is -2.12. The average molecular weight is 326 g/mol. The normalized spacial score (nSPS) is 12.1. The van der Waals surface area contributed by atoms with Crippen molar-refractivity contribution in [3.8, 4) is 0 Å². The molecule has 1 amide bonds. The van der Waals surface area contributed by atoms with Crippen molar-refractivity contribution in [3.63, 3.8) is 0 Å². The van der Waals surface area contributed by atoms with Crippen LogP contribution in [0.4, 0.5) is 0 Å². The number of hydrogen-bond donors (Lipinski definition) is 1. The molecule has 2 aromatic rings. The maximum atomic E-state index is 12.0. The predicted octanol–water partition coefficient (Wildman–Crippen LogP) is 2.72. The number of aromatic nitrogens is 2. The first kappa shape index (κ1) is 13.2. The van der Waals surface area contributed by atoms with E-state index in [2.05, 4.69) is 30.8 Å². The van der Waals surface area contributed by atoms with Crippen LogP contribution >= 0.6 is 27.5 Å². The summed E-state index contributed by atoms with van der Waals surface area (Å²) in [6.07, 6.45) is 1.66. The Labute approximate surface area is 118 Å². The molecule has 0 fully saturated rings. The van der Waals surface area contributed by atoms with E-state index >= 15 is 0 Å². The molecule has 0 aliphatic carbocycles. The number of carbonyl (C=O) groups excluding carboxylic acids is 1. The van der Waals surface area contributed by atoms with Crippen molar-refractivity contribution in [2.75, 3.05) is 0 Å². The summed E-state index contributed by atoms with van der Waals surface area (Å²) >= 11 is 4.70. The van der Waals surface area contributed by atoms with Crippen LogP contribution in [0.1, 0.15) is 23.3 Å². The molecule has 0 spiro atoms. The molecule has 1 unspecified atom stereocenters. The fourth-order valence-electron chi connectivity index (χ4n) is 1.52. The zero-order chi connectivity index (χ0) is 13.0. The van der Waals surface area contributed by atoms with Crippen molar-refractivity contribution in [3.05, 3.63) is 45.4 Å². The fraction of sp³-hybridized carbons (Fsp3) is 0.250. The van der Waals surface area contributed by atoms with E-state index in [-0.39, 0.29) is 11.8 Å². The summed E-state index contributed by atoms with van der Waals surface area (Å²) < 4.78 is 4.73. The third-order valence-corrected chi connectivity index (χ3v) is 3.74. The maximum absolute atomic E-state index is 12.0. The standard InChI is InChI=1S/C12H12BrN3OS/c1-8(9-3-2-4-10(13)5-9)12(17)14-6-11-7-15-16-18-11/h2-5,7-8H,6H2,1H3,(H,14,17). The van der Waals surface area contributed by atoms with Crippen LogP contribution in [0.5, 0.6) is 0 Å². The number of hydrogen-bond acceptors (Lipinski definition) is 4. The van der Waals surface area contributed by atoms with Crippen LogP contribution in [0.25, 0.3) is 0 Å². The summed E-state index contributed by atoms with van der Waals surface area (Å²) in [6, 6.07) is 7.77. The molecule has 1 aromatic heterocycles. The zero-order valence-corrected chi connectivity index (χ0v) is 12.2. The molecule has 6 heteroatoms. The first-order valence-corrected chi connectivity index (χ1v) is 7.03. The Bertz CT molecular complexity index is 530. The molecule has 1 N–H and O–H groups in total. The number of carbonyl (C=O) groups is 1. The first-order valence-electron chi connectivity index (χ1n) is 5.46. The number of amides is 1. The van der Waals surface area contributed by atoms with E-state index in [9.17, 15) is 4.79 Å². The molecule has 2 rings (SSSR count). The zero-order valence-electron chi connectivity index (χ0n) is 9.76. The number of rotatable bonds is 4. The second-order valence-electron chi connectivity index (χ2n) is 3.88. The van der Waals surface area contributed by atoms with Gasteiger partial charge < -0.3 is 5.32 Å². The molecule has 0 saturated carbocycles. The Morgan fingerprint density at radius 1 is 1.56 bits per heavy atom. The number of nitrogens with zero attached hydrogens (tertiary/aromatic N) is 2. The summed E-state index contributed by atoms with van der Waals surface area (Å²) in [4.78, 5) is 12.9. The van der Waals surface area contributed by atoms with E-state index < -0.39 is 0 Å². The molecule has 4 nitrogen and oxygen atoms in total. The summed E-state index contributed by atoms with van der Waals surface area (Å²) in [5.41, 5.74) is 0.990. The Morgan fingerprint density at radius 2 is 2.39 bits per heavy atom. The molecular weight excluding hydrogens is 314 g/mol. The van der Waals surface area contributed by atoms with Crippen molar-refractivity contribution in [1.29, 1.82) is 0 Å². The second-order valence-corrected chi connectivity index (χ2v) is 5.66. The summed E-state index contributed by atoms with van der Waals surface area (Å²) in [5.74, 6) is -0.176. The van der Waals surface area contributed by atoms with Gasteiger partial charge in [-0.1, -0.05) is 32.6 Å². The van der Waals surface area contributed by atoms with Gasteiger partial charge in [-0.05, 0) is 36.2 Å². The lowest BCUT2D eigenvalue weighted by molar-refractivity contribution is -0.122. The van der Waals surface area contributed by atoms with Crippen molar-refractivity contribution in [2.24, 2.45) is 0 Å². The number of nitrogens with one attached hydrogen (secondary N) is 1. The van der Waals surface area contributed by atoms with E-state index in [0.717, 1.165) is 14.9 Å². The highest BCUT2D eigenvalue weighted by atomic mass is 79.9. The van der Waals surface area contributed by atoms with Gasteiger partial charge in [0, 0.05) is 4.47 Å². The molecule has 0 bridgehead atoms. The lowest BCUT2D eigenvalue weighted by atomic mass is 10.0. The van der Waals surface area contributed by atoms with Crippen LogP contribution in [0, 0.1) is 0 Å². The fourth-order valence-corrected chi connectivity index (χ4v) is 2.37. The van der Waals surface area contributed by atoms with E-state index in [0.29, 0.717) is 6.54 Å². The van der Waals surface area contributed by atoms with Crippen LogP contribution in [0.2, 0.25) is 0 Å². The van der Waals surface area contributed by atoms with Crippen LogP contribution in [0.15, 0.2) is 34.9 Å². The van der Waals surface area contributed by atoms with Gasteiger partial charge in [0.25, 0.3) is 0 Å². The minimum absolute atomic E-state index is 0.00139. The molecule has 0 aliphatic rings. The highest BCUT2D eigenvalue weighted by molar-refractivity contribution is 9.10. The molecule has 1 atom stereocenters. The van der Waals surface area contributed by atoms with Gasteiger partial charge in [0.1, 0.15) is 0 Å². The molecule has 0 aliphatic heterocycles. The minimum Gasteiger partial charge on any atom is -0.351 e. The topological polar surface area (TPSA) is 54.9 Å². The Balaban J connectivity index is 1.96. The van der Waals surface area contributed by atoms with E-state index in [1.54, 1.807) is 6.20 Å². The third-order valence-electron chi connectivity index (χ3n) is 2.59. The predicted molar refractivity (Wildman–Crippen MR) is 74.3 cm³/mol. The number of halogens is 1. The van der Waals surface area contributed by atoms with Gasteiger partial charge in [-0.3, -0.25) is 4.79 Å². The SMILES string of the molecule is CC(C(=O)NCc1cnns1)c1cccc(Br)c1. The molecule has 1 aromatic carbocycles. The molecule has 0 saturated heterocycles. The Kier molecular flexibility index (Phi) is 4.43. The largest absolute Gasteiger partial charge is 0.351 e. The maximum Gasteiger partial charge on any atom is 0.227 e. The summed E-state index contributed by atoms with van der Waals surface area (Å²) in [7, 11) is 0. The van der Waals surface area contributed by atoms with E-state index in [1.807, 2.05) is 31.2 Å². The smallest absolute Gasteiger partial charge is 0.227 e. The summed E-state index contributed by atoms with van der Waals surface area (Å²) in [6.45, 7) is 2.37. The Morgan fingerprint density at radius 3 is 3.06 bits per heavy atom. The number of benzene rings is 1. The van der Waals surface area contributed by atoms with Gasteiger partial charge in [-0.15, -0.1) is 5.10 Å². The van der Waals surface area contributed by atoms with Gasteiger partial charge in [0.15, 0.2) is 0 Å². The van der Waals surface area contributed by atoms with Crippen molar-refractivity contribution in [1.82, 2.24) is 14.9 Å². The van der Waals surface area contributed by atoms with Crippen molar-refractivity contribution < 1.29 is 4.79 Å². The molecule has 94 valence electrons. The average Bonchev–Trinajstić information content (AvgIpc) is 2.88. The minimum atomic E-state index is -0.177. The van der Waals surface area contributed by atoms with Crippen LogP contribution in [-0.4, -0.2) is 15.5 Å². The molecule has 1 heterocycles. The molecule has 18 heavy (non-hydrogen) atoms. The van der Waals surface area contributed by atoms with Gasteiger partial charge >= 0.3 is 0 Å². The summed E-state index contributed by atoms with van der Waals surface area (Å²) in [5, 5.41) is 6.60. The van der Waals surface area contributed by atoms with Gasteiger partial charge in [0.05, 0.1) is 23.5 Å². The highest BCUT2D eigenvalue weighted by Gasteiger charge is 2.15. The van der Waals surface area contributed by atoms with E-state index in [4.69, 9.17) is 0 Å². The van der Waals surface area contributed by atoms with Crippen LogP contribution < -0.4 is 5.32 Å². The van der Waals surface area contributed by atoms with Crippen molar-refractivity contribution in [2.45, 2.75) is 19.4 Å². The van der Waals surface area contributed by atoms with Crippen LogP contribution in [-0.2, 0) is 11.3 Å². The van der Waals surface area contributed by atoms with E-state index in [1.165, 1.54) is 11.5 Å². The second kappa shape index (κ2) is 6.06. The monoisotopic (exact) mass is 325 g/mol. The third kappa shape index (κ3) is 3.36. The van der Waals surface area contributed by atoms with Crippen LogP contribution in [0.3, 0.4) is 0 Å². The first-order chi connectivity index (χ1) is 8.66. The molecular formula is C12H12BrN3OS. The lowest BCUT2D eigenvalue weighted by Crippen LogP contribution is -2.27. The quantitative estimate of drug-likeness (QED) is 0.940. The van der Waals surface area contributed by atoms with Gasteiger partial charge in [0.2, 0.25) is 5.91 Å². The highest BCUT2D eigenvalue weighted by Crippen LogP contribution is 2.20. The van der Waals surface area contributed by atoms with Gasteiger partial charge in [-0.25, -0.2) is 0 Å². The Hall–Kier alpha value is -1.27. The van der Waals surface area contributed by atoms with Gasteiger partial charge in [-0.2, -0.15) is 0 Å².